The van der Waals surface area contributed by atoms with E-state index in [2.05, 4.69) is 5.32 Å². The van der Waals surface area contributed by atoms with Crippen molar-refractivity contribution in [3.8, 4) is 0 Å². The third kappa shape index (κ3) is 8.84. The van der Waals surface area contributed by atoms with Crippen LogP contribution in [0.2, 0.25) is 0 Å². The van der Waals surface area contributed by atoms with Crippen molar-refractivity contribution in [2.45, 2.75) is 62.3 Å². The molecule has 0 aliphatic heterocycles. The fraction of sp³-hybridized carbons (Fsp3) is 0.375. The highest BCUT2D eigenvalue weighted by atomic mass is 32.2. The number of carbonyl (C=O) groups is 2. The van der Waals surface area contributed by atoms with Gasteiger partial charge < -0.3 is 10.2 Å². The molecule has 3 aromatic carbocycles. The van der Waals surface area contributed by atoms with Gasteiger partial charge in [0.15, 0.2) is 0 Å². The van der Waals surface area contributed by atoms with E-state index >= 15 is 0 Å². The second-order valence-electron chi connectivity index (χ2n) is 9.91. The molecule has 0 saturated heterocycles. The van der Waals surface area contributed by atoms with Crippen molar-refractivity contribution in [1.82, 2.24) is 10.2 Å². The molecule has 1 N–H and O–H groups in total. The van der Waals surface area contributed by atoms with Gasteiger partial charge >= 0.3 is 0 Å². The van der Waals surface area contributed by atoms with Crippen molar-refractivity contribution in [3.05, 3.63) is 90.0 Å². The van der Waals surface area contributed by atoms with Gasteiger partial charge in [-0.15, -0.1) is 11.8 Å². The second-order valence-corrected chi connectivity index (χ2v) is 12.7. The van der Waals surface area contributed by atoms with Gasteiger partial charge in [0.05, 0.1) is 10.6 Å². The summed E-state index contributed by atoms with van der Waals surface area (Å²) in [4.78, 5) is 29.9. The maximum atomic E-state index is 14.1. The summed E-state index contributed by atoms with van der Waals surface area (Å²) in [5.41, 5.74) is 2.39. The molecule has 0 fully saturated rings. The Morgan fingerprint density at radius 3 is 2.17 bits per heavy atom. The molecule has 0 aromatic heterocycles. The number of rotatable bonds is 15. The number of carbonyl (C=O) groups excluding carboxylic acids is 2. The number of anilines is 1. The molecule has 0 radical (unpaired) electrons. The first-order chi connectivity index (χ1) is 19.7. The fourth-order valence-corrected chi connectivity index (χ4v) is 6.34. The molecule has 2 amide bonds. The molecular weight excluding hydrogens is 555 g/mol. The first-order valence-electron chi connectivity index (χ1n) is 14.1. The number of nitrogens with zero attached hydrogens (tertiary/aromatic N) is 2. The van der Waals surface area contributed by atoms with E-state index in [0.717, 1.165) is 33.2 Å². The van der Waals surface area contributed by atoms with Gasteiger partial charge in [0.25, 0.3) is 10.0 Å². The maximum Gasteiger partial charge on any atom is 0.264 e. The van der Waals surface area contributed by atoms with Crippen molar-refractivity contribution < 1.29 is 18.0 Å². The Kier molecular flexibility index (Phi) is 12.3. The van der Waals surface area contributed by atoms with E-state index in [1.54, 1.807) is 41.3 Å². The minimum Gasteiger partial charge on any atom is -0.354 e. The zero-order valence-electron chi connectivity index (χ0n) is 24.4. The van der Waals surface area contributed by atoms with Gasteiger partial charge in [-0.1, -0.05) is 68.3 Å². The van der Waals surface area contributed by atoms with E-state index in [1.165, 1.54) is 11.8 Å². The number of nitrogens with one attached hydrogen (secondary N) is 1. The standard InChI is InChI=1S/C32H41N3O4S2/c1-5-7-22-33-32(37)30(6-2)34(23-21-26-11-9-8-10-12-26)31(36)24-35(27-15-13-25(3)14-16-27)41(38,39)29-19-17-28(40-4)18-20-29/h8-20,30H,5-7,21-24H2,1-4H3,(H,33,37). The van der Waals surface area contributed by atoms with Crippen LogP contribution in [0, 0.1) is 6.92 Å². The molecule has 41 heavy (non-hydrogen) atoms. The topological polar surface area (TPSA) is 86.8 Å². The van der Waals surface area contributed by atoms with Crippen LogP contribution in [0.15, 0.2) is 88.7 Å². The normalized spacial score (nSPS) is 12.0. The lowest BCUT2D eigenvalue weighted by molar-refractivity contribution is -0.139. The van der Waals surface area contributed by atoms with Crippen LogP contribution in [-0.4, -0.2) is 57.1 Å². The van der Waals surface area contributed by atoms with Crippen LogP contribution in [0.3, 0.4) is 0 Å². The number of sulfonamides is 1. The first-order valence-corrected chi connectivity index (χ1v) is 16.7. The summed E-state index contributed by atoms with van der Waals surface area (Å²) in [7, 11) is -4.08. The number of hydrogen-bond donors (Lipinski definition) is 1. The van der Waals surface area contributed by atoms with Crippen molar-refractivity contribution in [2.75, 3.05) is 30.2 Å². The molecule has 0 heterocycles. The lowest BCUT2D eigenvalue weighted by atomic mass is 10.1. The summed E-state index contributed by atoms with van der Waals surface area (Å²) in [5.74, 6) is -0.650. The molecule has 0 bridgehead atoms. The first kappa shape index (κ1) is 32.2. The highest BCUT2D eigenvalue weighted by molar-refractivity contribution is 7.98. The fourth-order valence-electron chi connectivity index (χ4n) is 4.52. The molecular formula is C32H41N3O4S2. The van der Waals surface area contributed by atoms with Crippen LogP contribution in [0.5, 0.6) is 0 Å². The number of amides is 2. The summed E-state index contributed by atoms with van der Waals surface area (Å²) in [6, 6.07) is 22.7. The molecule has 3 aromatic rings. The van der Waals surface area contributed by atoms with Crippen LogP contribution >= 0.6 is 11.8 Å². The van der Waals surface area contributed by atoms with Crippen molar-refractivity contribution in [1.29, 1.82) is 0 Å². The average molecular weight is 596 g/mol. The van der Waals surface area contributed by atoms with E-state index in [-0.39, 0.29) is 17.3 Å². The number of aryl methyl sites for hydroxylation is 1. The quantitative estimate of drug-likeness (QED) is 0.181. The van der Waals surface area contributed by atoms with E-state index < -0.39 is 28.5 Å². The molecule has 0 spiro atoms. The Labute approximate surface area is 249 Å². The Bertz CT molecular complexity index is 1360. The van der Waals surface area contributed by atoms with Crippen LogP contribution in [0.25, 0.3) is 0 Å². The van der Waals surface area contributed by atoms with Crippen LogP contribution in [0.4, 0.5) is 5.69 Å². The molecule has 0 saturated carbocycles. The van der Waals surface area contributed by atoms with E-state index in [0.29, 0.717) is 25.1 Å². The second kappa shape index (κ2) is 15.6. The van der Waals surface area contributed by atoms with E-state index in [1.807, 2.05) is 69.5 Å². The number of hydrogen-bond acceptors (Lipinski definition) is 5. The van der Waals surface area contributed by atoms with Gasteiger partial charge in [-0.2, -0.15) is 0 Å². The highest BCUT2D eigenvalue weighted by Gasteiger charge is 2.33. The highest BCUT2D eigenvalue weighted by Crippen LogP contribution is 2.26. The average Bonchev–Trinajstić information content (AvgIpc) is 2.99. The zero-order valence-corrected chi connectivity index (χ0v) is 26.0. The Morgan fingerprint density at radius 2 is 1.59 bits per heavy atom. The SMILES string of the molecule is CCCCNC(=O)C(CC)N(CCc1ccccc1)C(=O)CN(c1ccc(C)cc1)S(=O)(=O)c1ccc(SC)cc1. The van der Waals surface area contributed by atoms with Crippen LogP contribution < -0.4 is 9.62 Å². The minimum atomic E-state index is -4.08. The summed E-state index contributed by atoms with van der Waals surface area (Å²) in [5, 5.41) is 2.96. The van der Waals surface area contributed by atoms with Crippen molar-refractivity contribution >= 4 is 39.3 Å². The Morgan fingerprint density at radius 1 is 0.927 bits per heavy atom. The van der Waals surface area contributed by atoms with Gasteiger partial charge in [-0.3, -0.25) is 13.9 Å². The molecule has 9 heteroatoms. The lowest BCUT2D eigenvalue weighted by Crippen LogP contribution is -2.53. The minimum absolute atomic E-state index is 0.101. The maximum absolute atomic E-state index is 14.1. The molecule has 1 unspecified atom stereocenters. The number of unbranched alkanes of at least 4 members (excludes halogenated alkanes) is 1. The Balaban J connectivity index is 1.98. The molecule has 1 atom stereocenters. The lowest BCUT2D eigenvalue weighted by Gasteiger charge is -2.33. The monoisotopic (exact) mass is 595 g/mol. The van der Waals surface area contributed by atoms with Gasteiger partial charge in [-0.05, 0) is 74.4 Å². The predicted molar refractivity (Wildman–Crippen MR) is 168 cm³/mol. The molecule has 0 aliphatic carbocycles. The van der Waals surface area contributed by atoms with E-state index in [4.69, 9.17) is 0 Å². The zero-order chi connectivity index (χ0) is 29.8. The molecule has 0 aliphatic rings. The predicted octanol–water partition coefficient (Wildman–Crippen LogP) is 5.68. The summed E-state index contributed by atoms with van der Waals surface area (Å²) < 4.78 is 29.1. The molecule has 7 nitrogen and oxygen atoms in total. The van der Waals surface area contributed by atoms with Gasteiger partial charge in [0, 0.05) is 18.0 Å². The van der Waals surface area contributed by atoms with Gasteiger partial charge in [0.2, 0.25) is 11.8 Å². The summed E-state index contributed by atoms with van der Waals surface area (Å²) in [6.45, 7) is 6.23. The Hall–Kier alpha value is -3.30. The third-order valence-electron chi connectivity index (χ3n) is 6.95. The third-order valence-corrected chi connectivity index (χ3v) is 9.48. The van der Waals surface area contributed by atoms with Crippen LogP contribution in [-0.2, 0) is 26.0 Å². The van der Waals surface area contributed by atoms with Gasteiger partial charge in [-0.25, -0.2) is 8.42 Å². The summed E-state index contributed by atoms with van der Waals surface area (Å²) in [6.07, 6.45) is 4.65. The smallest absolute Gasteiger partial charge is 0.264 e. The van der Waals surface area contributed by atoms with Gasteiger partial charge in [0.1, 0.15) is 12.6 Å². The summed E-state index contributed by atoms with van der Waals surface area (Å²) >= 11 is 1.52. The molecule has 3 rings (SSSR count). The van der Waals surface area contributed by atoms with Crippen molar-refractivity contribution in [2.24, 2.45) is 0 Å². The molecule has 220 valence electrons. The number of benzene rings is 3. The van der Waals surface area contributed by atoms with E-state index in [9.17, 15) is 18.0 Å². The van der Waals surface area contributed by atoms with Crippen LogP contribution in [0.1, 0.15) is 44.2 Å². The van der Waals surface area contributed by atoms with Crippen molar-refractivity contribution in [3.63, 3.8) is 0 Å². The number of thioether (sulfide) groups is 1. The largest absolute Gasteiger partial charge is 0.354 e.